The van der Waals surface area contributed by atoms with Crippen LogP contribution in [0.15, 0.2) is 60.7 Å². The lowest BCUT2D eigenvalue weighted by Crippen LogP contribution is -2.46. The van der Waals surface area contributed by atoms with Gasteiger partial charge in [0.05, 0.1) is 7.11 Å². The molecule has 0 unspecified atom stereocenters. The predicted molar refractivity (Wildman–Crippen MR) is 106 cm³/mol. The van der Waals surface area contributed by atoms with Crippen LogP contribution in [0.2, 0.25) is 0 Å². The Morgan fingerprint density at radius 3 is 2.52 bits per heavy atom. The standard InChI is InChI=1S/C22H24N2O3/c1-27-20-9-5-6-17(16-20)10-11-21(25)24-14-12-19(13-15-24)23-22(26)18-7-3-2-4-8-18/h2-11,16,19H,12-15H2,1H3,(H,23,26)/b11-10+. The zero-order valence-electron chi connectivity index (χ0n) is 15.4. The lowest BCUT2D eigenvalue weighted by molar-refractivity contribution is -0.126. The molecule has 1 heterocycles. The number of ether oxygens (including phenoxy) is 1. The summed E-state index contributed by atoms with van der Waals surface area (Å²) in [5, 5.41) is 3.06. The number of likely N-dealkylation sites (tertiary alicyclic amines) is 1. The minimum atomic E-state index is -0.0571. The number of hydrogen-bond donors (Lipinski definition) is 1. The van der Waals surface area contributed by atoms with Gasteiger partial charge in [-0.2, -0.15) is 0 Å². The molecule has 0 bridgehead atoms. The van der Waals surface area contributed by atoms with Crippen LogP contribution in [0.5, 0.6) is 5.75 Å². The monoisotopic (exact) mass is 364 g/mol. The third-order valence-electron chi connectivity index (χ3n) is 4.69. The van der Waals surface area contributed by atoms with Crippen molar-refractivity contribution in [2.45, 2.75) is 18.9 Å². The van der Waals surface area contributed by atoms with Crippen molar-refractivity contribution in [1.82, 2.24) is 10.2 Å². The van der Waals surface area contributed by atoms with Crippen LogP contribution in [0.4, 0.5) is 0 Å². The van der Waals surface area contributed by atoms with Gasteiger partial charge in [-0.1, -0.05) is 30.3 Å². The highest BCUT2D eigenvalue weighted by Gasteiger charge is 2.23. The number of amides is 2. The molecule has 2 aromatic rings. The highest BCUT2D eigenvalue weighted by atomic mass is 16.5. The van der Waals surface area contributed by atoms with E-state index in [1.54, 1.807) is 31.4 Å². The molecule has 1 fully saturated rings. The number of benzene rings is 2. The third kappa shape index (κ3) is 5.20. The van der Waals surface area contributed by atoms with Crippen molar-refractivity contribution in [2.75, 3.05) is 20.2 Å². The van der Waals surface area contributed by atoms with E-state index in [-0.39, 0.29) is 17.9 Å². The average molecular weight is 364 g/mol. The van der Waals surface area contributed by atoms with Crippen molar-refractivity contribution < 1.29 is 14.3 Å². The van der Waals surface area contributed by atoms with Crippen molar-refractivity contribution in [3.8, 4) is 5.75 Å². The fraction of sp³-hybridized carbons (Fsp3) is 0.273. The van der Waals surface area contributed by atoms with Gasteiger partial charge >= 0.3 is 0 Å². The number of nitrogens with one attached hydrogen (secondary N) is 1. The molecule has 5 heteroatoms. The summed E-state index contributed by atoms with van der Waals surface area (Å²) >= 11 is 0. The molecule has 0 saturated carbocycles. The van der Waals surface area contributed by atoms with E-state index < -0.39 is 0 Å². The predicted octanol–water partition coefficient (Wildman–Crippen LogP) is 3.13. The van der Waals surface area contributed by atoms with Gasteiger partial charge in [-0.3, -0.25) is 9.59 Å². The van der Waals surface area contributed by atoms with Gasteiger partial charge in [0.25, 0.3) is 5.91 Å². The molecule has 0 radical (unpaired) electrons. The Balaban J connectivity index is 1.49. The minimum absolute atomic E-state index is 0.00865. The Bertz CT molecular complexity index is 809. The molecule has 27 heavy (non-hydrogen) atoms. The first-order valence-corrected chi connectivity index (χ1v) is 9.12. The smallest absolute Gasteiger partial charge is 0.251 e. The Morgan fingerprint density at radius 1 is 1.07 bits per heavy atom. The molecule has 1 aliphatic rings. The first-order valence-electron chi connectivity index (χ1n) is 9.12. The van der Waals surface area contributed by atoms with Crippen LogP contribution in [0.1, 0.15) is 28.8 Å². The van der Waals surface area contributed by atoms with Crippen LogP contribution >= 0.6 is 0 Å². The molecule has 1 N–H and O–H groups in total. The molecule has 0 aromatic heterocycles. The van der Waals surface area contributed by atoms with Gasteiger partial charge in [0.2, 0.25) is 5.91 Å². The second-order valence-corrected chi connectivity index (χ2v) is 6.55. The number of carbonyl (C=O) groups is 2. The number of methoxy groups -OCH3 is 1. The van der Waals surface area contributed by atoms with Gasteiger partial charge in [0.1, 0.15) is 5.75 Å². The van der Waals surface area contributed by atoms with Crippen molar-refractivity contribution >= 4 is 17.9 Å². The minimum Gasteiger partial charge on any atom is -0.497 e. The van der Waals surface area contributed by atoms with Crippen LogP contribution < -0.4 is 10.1 Å². The molecule has 1 saturated heterocycles. The molecule has 2 amide bonds. The van der Waals surface area contributed by atoms with E-state index in [9.17, 15) is 9.59 Å². The second-order valence-electron chi connectivity index (χ2n) is 6.55. The quantitative estimate of drug-likeness (QED) is 0.830. The first-order chi connectivity index (χ1) is 13.2. The Kier molecular flexibility index (Phi) is 6.26. The van der Waals surface area contributed by atoms with Gasteiger partial charge in [-0.15, -0.1) is 0 Å². The average Bonchev–Trinajstić information content (AvgIpc) is 2.73. The van der Waals surface area contributed by atoms with Crippen LogP contribution in [0.25, 0.3) is 6.08 Å². The largest absolute Gasteiger partial charge is 0.497 e. The van der Waals surface area contributed by atoms with Crippen molar-refractivity contribution in [3.05, 3.63) is 71.8 Å². The van der Waals surface area contributed by atoms with Crippen molar-refractivity contribution in [1.29, 1.82) is 0 Å². The SMILES string of the molecule is COc1cccc(/C=C/C(=O)N2CCC(NC(=O)c3ccccc3)CC2)c1. The zero-order valence-corrected chi connectivity index (χ0v) is 15.4. The number of carbonyl (C=O) groups excluding carboxylic acids is 2. The molecular weight excluding hydrogens is 340 g/mol. The van der Waals surface area contributed by atoms with E-state index in [2.05, 4.69) is 5.32 Å². The summed E-state index contributed by atoms with van der Waals surface area (Å²) in [4.78, 5) is 26.4. The van der Waals surface area contributed by atoms with E-state index >= 15 is 0 Å². The van der Waals surface area contributed by atoms with E-state index in [1.165, 1.54) is 0 Å². The molecule has 140 valence electrons. The summed E-state index contributed by atoms with van der Waals surface area (Å²) in [6.45, 7) is 1.28. The molecular formula is C22H24N2O3. The fourth-order valence-corrected chi connectivity index (χ4v) is 3.12. The summed E-state index contributed by atoms with van der Waals surface area (Å²) in [5.41, 5.74) is 1.59. The third-order valence-corrected chi connectivity index (χ3v) is 4.69. The highest BCUT2D eigenvalue weighted by molar-refractivity contribution is 5.94. The summed E-state index contributed by atoms with van der Waals surface area (Å²) in [6.07, 6.45) is 4.92. The number of piperidine rings is 1. The van der Waals surface area contributed by atoms with Crippen molar-refractivity contribution in [2.24, 2.45) is 0 Å². The normalized spacial score (nSPS) is 14.9. The topological polar surface area (TPSA) is 58.6 Å². The lowest BCUT2D eigenvalue weighted by Gasteiger charge is -2.31. The van der Waals surface area contributed by atoms with E-state index in [0.29, 0.717) is 18.7 Å². The zero-order chi connectivity index (χ0) is 19.1. The molecule has 0 atom stereocenters. The maximum Gasteiger partial charge on any atom is 0.251 e. The van der Waals surface area contributed by atoms with Crippen LogP contribution in [-0.2, 0) is 4.79 Å². The van der Waals surface area contributed by atoms with E-state index in [4.69, 9.17) is 4.74 Å². The molecule has 3 rings (SSSR count). The summed E-state index contributed by atoms with van der Waals surface area (Å²) in [6, 6.07) is 16.9. The summed E-state index contributed by atoms with van der Waals surface area (Å²) in [5.74, 6) is 0.698. The number of rotatable bonds is 5. The second kappa shape index (κ2) is 9.03. The van der Waals surface area contributed by atoms with Gasteiger partial charge in [0.15, 0.2) is 0 Å². The van der Waals surface area contributed by atoms with E-state index in [1.807, 2.05) is 47.4 Å². The first kappa shape index (κ1) is 18.7. The molecule has 0 spiro atoms. The van der Waals surface area contributed by atoms with Crippen LogP contribution in [0, 0.1) is 0 Å². The Labute approximate surface area is 159 Å². The molecule has 0 aliphatic carbocycles. The lowest BCUT2D eigenvalue weighted by atomic mass is 10.0. The summed E-state index contributed by atoms with van der Waals surface area (Å²) < 4.78 is 5.19. The maximum absolute atomic E-state index is 12.4. The fourth-order valence-electron chi connectivity index (χ4n) is 3.12. The van der Waals surface area contributed by atoms with Gasteiger partial charge in [-0.05, 0) is 48.7 Å². The number of hydrogen-bond acceptors (Lipinski definition) is 3. The Morgan fingerprint density at radius 2 is 1.81 bits per heavy atom. The van der Waals surface area contributed by atoms with Crippen LogP contribution in [0.3, 0.4) is 0 Å². The molecule has 1 aliphatic heterocycles. The summed E-state index contributed by atoms with van der Waals surface area (Å²) in [7, 11) is 1.62. The van der Waals surface area contributed by atoms with E-state index in [0.717, 1.165) is 24.2 Å². The highest BCUT2D eigenvalue weighted by Crippen LogP contribution is 2.15. The molecule has 2 aromatic carbocycles. The van der Waals surface area contributed by atoms with Gasteiger partial charge in [-0.25, -0.2) is 0 Å². The van der Waals surface area contributed by atoms with Gasteiger partial charge < -0.3 is 15.0 Å². The van der Waals surface area contributed by atoms with Crippen LogP contribution in [-0.4, -0.2) is 43.0 Å². The van der Waals surface area contributed by atoms with Crippen molar-refractivity contribution in [3.63, 3.8) is 0 Å². The Hall–Kier alpha value is -3.08. The maximum atomic E-state index is 12.4. The van der Waals surface area contributed by atoms with Gasteiger partial charge in [0, 0.05) is 30.8 Å². The molecule has 5 nitrogen and oxygen atoms in total. The number of nitrogens with zero attached hydrogens (tertiary/aromatic N) is 1.